The summed E-state index contributed by atoms with van der Waals surface area (Å²) in [6, 6.07) is 4.10. The molecule has 1 fully saturated rings. The standard InChI is InChI=1S/C19H23N5O5/c1-9-6-12-13(7-11(9)20-10-2-3-10)24(8-15(27)14(26)4-5-25)17-16(21-12)18(28)23-19(29)22-17/h6-7,10,14-15,20,25-27H,2-5,8H2,1H3,(H,23,28,29). The molecule has 10 heteroatoms. The first-order chi connectivity index (χ1) is 13.9. The van der Waals surface area contributed by atoms with Crippen LogP contribution >= 0.6 is 0 Å². The zero-order valence-corrected chi connectivity index (χ0v) is 15.9. The van der Waals surface area contributed by atoms with Gasteiger partial charge in [0, 0.05) is 18.3 Å². The van der Waals surface area contributed by atoms with Crippen molar-refractivity contribution in [2.75, 3.05) is 11.9 Å². The van der Waals surface area contributed by atoms with Gasteiger partial charge in [-0.2, -0.15) is 4.98 Å². The largest absolute Gasteiger partial charge is 0.396 e. The maximum absolute atomic E-state index is 12.3. The van der Waals surface area contributed by atoms with Crippen LogP contribution in [0.5, 0.6) is 0 Å². The van der Waals surface area contributed by atoms with Gasteiger partial charge in [0.05, 0.1) is 29.8 Å². The summed E-state index contributed by atoms with van der Waals surface area (Å²) < 4.78 is 1.52. The van der Waals surface area contributed by atoms with E-state index in [0.717, 1.165) is 24.1 Å². The molecule has 2 unspecified atom stereocenters. The molecular formula is C19H23N5O5. The summed E-state index contributed by atoms with van der Waals surface area (Å²) in [7, 11) is 0. The molecule has 10 nitrogen and oxygen atoms in total. The number of aromatic nitrogens is 4. The zero-order valence-electron chi connectivity index (χ0n) is 15.9. The molecule has 1 saturated carbocycles. The first-order valence-electron chi connectivity index (χ1n) is 9.56. The lowest BCUT2D eigenvalue weighted by Gasteiger charge is -2.23. The van der Waals surface area contributed by atoms with E-state index in [-0.39, 0.29) is 31.1 Å². The number of anilines is 1. The van der Waals surface area contributed by atoms with Gasteiger partial charge in [0.25, 0.3) is 5.56 Å². The van der Waals surface area contributed by atoms with E-state index in [1.165, 1.54) is 4.57 Å². The van der Waals surface area contributed by atoms with Gasteiger partial charge in [-0.3, -0.25) is 9.78 Å². The van der Waals surface area contributed by atoms with Gasteiger partial charge in [0.1, 0.15) is 0 Å². The Morgan fingerprint density at radius 1 is 1.24 bits per heavy atom. The third kappa shape index (κ3) is 3.86. The highest BCUT2D eigenvalue weighted by atomic mass is 16.3. The number of benzene rings is 1. The molecule has 2 heterocycles. The van der Waals surface area contributed by atoms with Crippen molar-refractivity contribution in [1.29, 1.82) is 0 Å². The van der Waals surface area contributed by atoms with Crippen molar-refractivity contribution >= 4 is 16.7 Å². The van der Waals surface area contributed by atoms with Gasteiger partial charge in [-0.15, -0.1) is 0 Å². The second kappa shape index (κ2) is 7.54. The second-order valence-corrected chi connectivity index (χ2v) is 7.49. The molecule has 1 aromatic carbocycles. The number of nitrogens with one attached hydrogen (secondary N) is 2. The highest BCUT2D eigenvalue weighted by Crippen LogP contribution is 2.31. The number of aliphatic hydroxyl groups excluding tert-OH is 3. The molecule has 0 radical (unpaired) electrons. The van der Waals surface area contributed by atoms with E-state index in [4.69, 9.17) is 5.11 Å². The monoisotopic (exact) mass is 401 g/mol. The van der Waals surface area contributed by atoms with E-state index in [9.17, 15) is 19.8 Å². The Morgan fingerprint density at radius 3 is 2.69 bits per heavy atom. The minimum absolute atomic E-state index is 0.00289. The summed E-state index contributed by atoms with van der Waals surface area (Å²) in [5, 5.41) is 33.0. The van der Waals surface area contributed by atoms with Gasteiger partial charge < -0.3 is 25.2 Å². The van der Waals surface area contributed by atoms with E-state index in [0.29, 0.717) is 17.1 Å². The smallest absolute Gasteiger partial charge is 0.349 e. The van der Waals surface area contributed by atoms with Crippen LogP contribution in [0.25, 0.3) is 22.6 Å². The number of rotatable bonds is 7. The Morgan fingerprint density at radius 2 is 2.00 bits per heavy atom. The quantitative estimate of drug-likeness (QED) is 0.334. The molecular weight excluding hydrogens is 378 g/mol. The summed E-state index contributed by atoms with van der Waals surface area (Å²) in [5.74, 6) is 0.0303. The second-order valence-electron chi connectivity index (χ2n) is 7.49. The van der Waals surface area contributed by atoms with Gasteiger partial charge in [-0.1, -0.05) is 0 Å². The van der Waals surface area contributed by atoms with E-state index in [2.05, 4.69) is 20.3 Å². The number of aromatic amines is 1. The topological polar surface area (TPSA) is 153 Å². The zero-order chi connectivity index (χ0) is 20.7. The van der Waals surface area contributed by atoms with Gasteiger partial charge in [0.2, 0.25) is 0 Å². The van der Waals surface area contributed by atoms with Crippen LogP contribution in [0.15, 0.2) is 21.7 Å². The summed E-state index contributed by atoms with van der Waals surface area (Å²) >= 11 is 0. The number of fused-ring (bicyclic) bond motifs is 2. The average Bonchev–Trinajstić information content (AvgIpc) is 3.47. The third-order valence-corrected chi connectivity index (χ3v) is 5.13. The van der Waals surface area contributed by atoms with E-state index in [1.807, 2.05) is 19.1 Å². The number of hydrogen-bond donors (Lipinski definition) is 5. The van der Waals surface area contributed by atoms with Gasteiger partial charge >= 0.3 is 5.69 Å². The average molecular weight is 401 g/mol. The molecule has 3 aliphatic rings. The van der Waals surface area contributed by atoms with Gasteiger partial charge in [-0.25, -0.2) is 9.78 Å². The fourth-order valence-electron chi connectivity index (χ4n) is 3.37. The summed E-state index contributed by atoms with van der Waals surface area (Å²) in [5.41, 5.74) is 1.42. The van der Waals surface area contributed by atoms with Crippen LogP contribution < -0.4 is 16.6 Å². The Hall–Kier alpha value is -2.82. The summed E-state index contributed by atoms with van der Waals surface area (Å²) in [6.07, 6.45) is -0.226. The van der Waals surface area contributed by atoms with Crippen LogP contribution in [0.1, 0.15) is 24.8 Å². The Labute approximate surface area is 165 Å². The normalized spacial score (nSPS) is 16.3. The molecule has 5 N–H and O–H groups in total. The highest BCUT2D eigenvalue weighted by Gasteiger charge is 2.25. The molecule has 0 bridgehead atoms. The van der Waals surface area contributed by atoms with E-state index < -0.39 is 23.5 Å². The minimum atomic E-state index is -1.24. The first-order valence-corrected chi connectivity index (χ1v) is 9.56. The number of nitrogens with zero attached hydrogens (tertiary/aromatic N) is 3. The molecule has 0 aromatic heterocycles. The fraction of sp³-hybridized carbons (Fsp3) is 0.474. The molecule has 2 aliphatic heterocycles. The number of hydrogen-bond acceptors (Lipinski definition) is 8. The number of aryl methyl sites for hydroxylation is 1. The molecule has 2 atom stereocenters. The van der Waals surface area contributed by atoms with Crippen LogP contribution in [0.4, 0.5) is 5.69 Å². The van der Waals surface area contributed by atoms with Crippen molar-refractivity contribution in [3.05, 3.63) is 38.5 Å². The highest BCUT2D eigenvalue weighted by molar-refractivity contribution is 5.84. The number of H-pyrrole nitrogens is 1. The minimum Gasteiger partial charge on any atom is -0.396 e. The lowest BCUT2D eigenvalue weighted by Crippen LogP contribution is -2.34. The Balaban J connectivity index is 1.93. The molecule has 4 rings (SSSR count). The first kappa shape index (κ1) is 19.5. The maximum Gasteiger partial charge on any atom is 0.349 e. The van der Waals surface area contributed by atoms with Crippen molar-refractivity contribution in [2.24, 2.45) is 0 Å². The SMILES string of the molecule is Cc1cc2nc3c(=O)[nH]c(=O)nc-3n(CC(O)C(O)CCO)c2cc1NC1CC1. The third-order valence-electron chi connectivity index (χ3n) is 5.13. The van der Waals surface area contributed by atoms with E-state index in [1.54, 1.807) is 0 Å². The maximum atomic E-state index is 12.3. The van der Waals surface area contributed by atoms with Crippen LogP contribution in [0.3, 0.4) is 0 Å². The molecule has 0 saturated heterocycles. The molecule has 154 valence electrons. The molecule has 0 amide bonds. The van der Waals surface area contributed by atoms with Gasteiger partial charge in [-0.05, 0) is 43.9 Å². The molecule has 0 spiro atoms. The van der Waals surface area contributed by atoms with Gasteiger partial charge in [0.15, 0.2) is 11.5 Å². The molecule has 1 aliphatic carbocycles. The Bertz CT molecular complexity index is 1140. The van der Waals surface area contributed by atoms with Crippen LogP contribution in [-0.2, 0) is 6.54 Å². The predicted molar refractivity (Wildman–Crippen MR) is 106 cm³/mol. The van der Waals surface area contributed by atoms with Crippen molar-refractivity contribution in [2.45, 2.75) is 51.0 Å². The molecule has 1 aromatic rings. The lowest BCUT2D eigenvalue weighted by atomic mass is 10.1. The predicted octanol–water partition coefficient (Wildman–Crippen LogP) is -0.428. The van der Waals surface area contributed by atoms with Crippen LogP contribution in [0, 0.1) is 6.92 Å². The van der Waals surface area contributed by atoms with Crippen LogP contribution in [0.2, 0.25) is 0 Å². The summed E-state index contributed by atoms with van der Waals surface area (Å²) in [6.45, 7) is 1.53. The van der Waals surface area contributed by atoms with Crippen molar-refractivity contribution < 1.29 is 15.3 Å². The number of aliphatic hydroxyl groups is 3. The van der Waals surface area contributed by atoms with Crippen LogP contribution in [-0.4, -0.2) is 59.7 Å². The fourth-order valence-corrected chi connectivity index (χ4v) is 3.37. The summed E-state index contributed by atoms with van der Waals surface area (Å²) in [4.78, 5) is 34.5. The lowest BCUT2D eigenvalue weighted by molar-refractivity contribution is -0.00282. The van der Waals surface area contributed by atoms with Crippen molar-refractivity contribution in [1.82, 2.24) is 19.5 Å². The van der Waals surface area contributed by atoms with Crippen molar-refractivity contribution in [3.63, 3.8) is 0 Å². The van der Waals surface area contributed by atoms with E-state index >= 15 is 0 Å². The molecule has 29 heavy (non-hydrogen) atoms. The van der Waals surface area contributed by atoms with Crippen molar-refractivity contribution in [3.8, 4) is 11.5 Å². The Kier molecular flexibility index (Phi) is 5.07.